The second kappa shape index (κ2) is 17.0. The molecule has 8 aromatic carbocycles. The molecule has 0 amide bonds. The number of rotatable bonds is 14. The van der Waals surface area contributed by atoms with Crippen LogP contribution >= 0.6 is 0 Å². The Morgan fingerprint density at radius 1 is 0.211 bits per heavy atom. The van der Waals surface area contributed by atoms with Crippen LogP contribution in [0.1, 0.15) is 0 Å². The van der Waals surface area contributed by atoms with Crippen LogP contribution in [-0.2, 0) is 0 Å². The molecule has 0 aliphatic heterocycles. The van der Waals surface area contributed by atoms with Gasteiger partial charge in [-0.2, -0.15) is 0 Å². The lowest BCUT2D eigenvalue weighted by molar-refractivity contribution is 0.418. The molecule has 8 rings (SSSR count). The molecule has 8 aromatic rings. The average Bonchev–Trinajstić information content (AvgIpc) is 3.22. The van der Waals surface area contributed by atoms with Gasteiger partial charge in [-0.15, -0.1) is 0 Å². The van der Waals surface area contributed by atoms with Crippen LogP contribution in [0.4, 0.5) is 11.4 Å². The summed E-state index contributed by atoms with van der Waals surface area (Å²) in [6.45, 7) is 0. The first-order valence-electron chi connectivity index (χ1n) is 18.0. The quantitative estimate of drug-likeness (QED) is 0.105. The summed E-state index contributed by atoms with van der Waals surface area (Å²) in [6, 6.07) is 58.9. The van der Waals surface area contributed by atoms with E-state index in [1.807, 2.05) is 170 Å². The third-order valence-corrected chi connectivity index (χ3v) is 8.33. The van der Waals surface area contributed by atoms with Gasteiger partial charge in [0.25, 0.3) is 0 Å². The van der Waals surface area contributed by atoms with Gasteiger partial charge in [0.1, 0.15) is 57.5 Å². The lowest BCUT2D eigenvalue weighted by Crippen LogP contribution is -1.92. The van der Waals surface area contributed by atoms with Crippen molar-refractivity contribution < 1.29 is 33.2 Å². The highest BCUT2D eigenvalue weighted by atomic mass is 16.5. The van der Waals surface area contributed by atoms with Crippen LogP contribution in [0.2, 0.25) is 0 Å². The minimum atomic E-state index is 0.573. The zero-order chi connectivity index (χ0) is 38.8. The van der Waals surface area contributed by atoms with Crippen LogP contribution < -0.4 is 44.6 Å². The molecule has 0 spiro atoms. The minimum Gasteiger partial charge on any atom is -0.457 e. The van der Waals surface area contributed by atoms with Gasteiger partial charge in [0.2, 0.25) is 0 Å². The number of ether oxygens (including phenoxy) is 7. The zero-order valence-electron chi connectivity index (χ0n) is 30.5. The van der Waals surface area contributed by atoms with Crippen molar-refractivity contribution in [2.24, 2.45) is 0 Å². The van der Waals surface area contributed by atoms with Crippen LogP contribution in [0, 0.1) is 0 Å². The summed E-state index contributed by atoms with van der Waals surface area (Å²) in [6.07, 6.45) is 0. The van der Waals surface area contributed by atoms with E-state index in [-0.39, 0.29) is 0 Å². The van der Waals surface area contributed by atoms with Gasteiger partial charge in [-0.25, -0.2) is 0 Å². The smallest absolute Gasteiger partial charge is 0.169 e. The summed E-state index contributed by atoms with van der Waals surface area (Å²) < 4.78 is 42.5. The van der Waals surface area contributed by atoms with Crippen molar-refractivity contribution in [3.63, 3.8) is 0 Å². The Kier molecular flexibility index (Phi) is 10.7. The molecule has 9 nitrogen and oxygen atoms in total. The molecule has 0 unspecified atom stereocenters. The van der Waals surface area contributed by atoms with Crippen LogP contribution in [0.15, 0.2) is 194 Å². The molecule has 0 saturated heterocycles. The van der Waals surface area contributed by atoms with Crippen molar-refractivity contribution >= 4 is 11.4 Å². The van der Waals surface area contributed by atoms with Crippen LogP contribution in [-0.4, -0.2) is 0 Å². The molecule has 0 atom stereocenters. The lowest BCUT2D eigenvalue weighted by Gasteiger charge is -2.13. The molecule has 0 bridgehead atoms. The molecular formula is C48H36N2O7. The minimum absolute atomic E-state index is 0.573. The molecule has 0 radical (unpaired) electrons. The Balaban J connectivity index is 0.817. The highest BCUT2D eigenvalue weighted by molar-refractivity contribution is 5.51. The average molecular weight is 753 g/mol. The largest absolute Gasteiger partial charge is 0.457 e. The molecule has 57 heavy (non-hydrogen) atoms. The van der Waals surface area contributed by atoms with E-state index in [0.717, 1.165) is 0 Å². The number of para-hydroxylation sites is 4. The lowest BCUT2D eigenvalue weighted by atomic mass is 10.2. The van der Waals surface area contributed by atoms with E-state index in [1.54, 1.807) is 24.3 Å². The molecule has 0 saturated carbocycles. The van der Waals surface area contributed by atoms with Crippen molar-refractivity contribution in [2.75, 3.05) is 11.5 Å². The van der Waals surface area contributed by atoms with Crippen molar-refractivity contribution in [2.45, 2.75) is 0 Å². The maximum atomic E-state index is 6.12. The van der Waals surface area contributed by atoms with Gasteiger partial charge < -0.3 is 44.6 Å². The van der Waals surface area contributed by atoms with Crippen molar-refractivity contribution in [3.8, 4) is 80.5 Å². The monoisotopic (exact) mass is 752 g/mol. The maximum Gasteiger partial charge on any atom is 0.169 e. The van der Waals surface area contributed by atoms with Gasteiger partial charge in [-0.1, -0.05) is 36.4 Å². The van der Waals surface area contributed by atoms with E-state index in [9.17, 15) is 0 Å². The summed E-state index contributed by atoms with van der Waals surface area (Å²) >= 11 is 0. The van der Waals surface area contributed by atoms with Crippen LogP contribution in [0.3, 0.4) is 0 Å². The molecule has 0 heterocycles. The van der Waals surface area contributed by atoms with E-state index in [0.29, 0.717) is 91.9 Å². The summed E-state index contributed by atoms with van der Waals surface area (Å²) in [4.78, 5) is 0. The first-order valence-corrected chi connectivity index (χ1v) is 18.0. The molecule has 0 fully saturated rings. The summed E-state index contributed by atoms with van der Waals surface area (Å²) in [7, 11) is 0. The molecule has 0 aliphatic rings. The number of nitrogen functional groups attached to an aromatic ring is 2. The fraction of sp³-hybridized carbons (Fsp3) is 0. The Labute approximate surface area is 329 Å². The van der Waals surface area contributed by atoms with Crippen molar-refractivity contribution in [1.29, 1.82) is 0 Å². The predicted octanol–water partition coefficient (Wildman–Crippen LogP) is 13.4. The van der Waals surface area contributed by atoms with Crippen molar-refractivity contribution in [3.05, 3.63) is 194 Å². The summed E-state index contributed by atoms with van der Waals surface area (Å²) in [5.41, 5.74) is 13.0. The van der Waals surface area contributed by atoms with E-state index < -0.39 is 0 Å². The number of hydrogen-bond donors (Lipinski definition) is 2. The first kappa shape index (κ1) is 36.0. The van der Waals surface area contributed by atoms with Gasteiger partial charge in [0.15, 0.2) is 23.0 Å². The van der Waals surface area contributed by atoms with Crippen LogP contribution in [0.5, 0.6) is 80.5 Å². The Morgan fingerprint density at radius 3 is 0.684 bits per heavy atom. The number of hydrogen-bond acceptors (Lipinski definition) is 9. The van der Waals surface area contributed by atoms with Gasteiger partial charge in [0, 0.05) is 23.5 Å². The first-order chi connectivity index (χ1) is 28.0. The highest BCUT2D eigenvalue weighted by Crippen LogP contribution is 2.38. The number of benzene rings is 8. The topological polar surface area (TPSA) is 117 Å². The third-order valence-electron chi connectivity index (χ3n) is 8.33. The zero-order valence-corrected chi connectivity index (χ0v) is 30.5. The molecule has 9 heteroatoms. The Hall–Kier alpha value is -8.04. The molecule has 0 aliphatic carbocycles. The van der Waals surface area contributed by atoms with Gasteiger partial charge >= 0.3 is 0 Å². The highest BCUT2D eigenvalue weighted by Gasteiger charge is 2.10. The fourth-order valence-corrected chi connectivity index (χ4v) is 5.61. The Bertz CT molecular complexity index is 2380. The molecule has 0 aromatic heterocycles. The molecule has 280 valence electrons. The summed E-state index contributed by atoms with van der Waals surface area (Å²) in [5, 5.41) is 0. The third kappa shape index (κ3) is 9.74. The van der Waals surface area contributed by atoms with E-state index in [4.69, 9.17) is 44.6 Å². The Morgan fingerprint density at radius 2 is 0.439 bits per heavy atom. The normalized spacial score (nSPS) is 10.6. The van der Waals surface area contributed by atoms with Gasteiger partial charge in [-0.05, 0) is 146 Å². The molecule has 4 N–H and O–H groups in total. The fourth-order valence-electron chi connectivity index (χ4n) is 5.61. The summed E-state index contributed by atoms with van der Waals surface area (Å²) in [5.74, 6) is 8.77. The SMILES string of the molecule is Nc1cccc(Oc2ccccc2Oc2ccc(Oc3ccc(Oc4ccc(Oc5ccc(Oc6ccccc6Oc6cccc(N)c6)cc5)cc4)cc3)cc2)c1. The number of anilines is 2. The molecular weight excluding hydrogens is 717 g/mol. The van der Waals surface area contributed by atoms with Gasteiger partial charge in [-0.3, -0.25) is 0 Å². The van der Waals surface area contributed by atoms with E-state index in [1.165, 1.54) is 0 Å². The van der Waals surface area contributed by atoms with Gasteiger partial charge in [0.05, 0.1) is 0 Å². The van der Waals surface area contributed by atoms with Crippen LogP contribution in [0.25, 0.3) is 0 Å². The predicted molar refractivity (Wildman–Crippen MR) is 221 cm³/mol. The number of nitrogens with two attached hydrogens (primary N) is 2. The second-order valence-electron chi connectivity index (χ2n) is 12.6. The second-order valence-corrected chi connectivity index (χ2v) is 12.6. The van der Waals surface area contributed by atoms with Crippen molar-refractivity contribution in [1.82, 2.24) is 0 Å². The standard InChI is InChI=1S/C48H36N2O7/c49-33-7-5-9-43(31-33)56-47-13-3-1-11-45(47)54-41-27-23-39(24-28-41)52-37-19-15-35(16-20-37)51-36-17-21-38(22-18-36)53-40-25-29-42(30-26-40)55-46-12-2-4-14-48(46)57-44-10-6-8-34(50)32-44/h1-32H,49-50H2. The van der Waals surface area contributed by atoms with E-state index in [2.05, 4.69) is 0 Å². The van der Waals surface area contributed by atoms with E-state index >= 15 is 0 Å². The maximum absolute atomic E-state index is 6.12.